The highest BCUT2D eigenvalue weighted by Gasteiger charge is 2.27. The lowest BCUT2D eigenvalue weighted by Gasteiger charge is -2.33. The van der Waals surface area contributed by atoms with Crippen molar-refractivity contribution in [2.75, 3.05) is 12.3 Å². The summed E-state index contributed by atoms with van der Waals surface area (Å²) in [5.41, 5.74) is 6.70. The van der Waals surface area contributed by atoms with Crippen LogP contribution in [-0.4, -0.2) is 33.2 Å². The first-order chi connectivity index (χ1) is 8.63. The van der Waals surface area contributed by atoms with Crippen molar-refractivity contribution in [3.05, 3.63) is 11.9 Å². The quantitative estimate of drug-likeness (QED) is 0.889. The summed E-state index contributed by atoms with van der Waals surface area (Å²) in [6.07, 6.45) is 7.60. The van der Waals surface area contributed by atoms with Gasteiger partial charge in [-0.1, -0.05) is 19.3 Å². The van der Waals surface area contributed by atoms with Crippen LogP contribution >= 0.6 is 0 Å². The molecule has 0 unspecified atom stereocenters. The Bertz CT molecular complexity index is 421. The predicted octanol–water partition coefficient (Wildman–Crippen LogP) is 1.80. The number of anilines is 1. The lowest BCUT2D eigenvalue weighted by molar-refractivity contribution is 0.0642. The average Bonchev–Trinajstić information content (AvgIpc) is 2.70. The summed E-state index contributed by atoms with van der Waals surface area (Å²) in [5.74, 6) is -0.0255. The van der Waals surface area contributed by atoms with Gasteiger partial charge in [-0.25, -0.2) is 0 Å². The monoisotopic (exact) mass is 250 g/mol. The summed E-state index contributed by atoms with van der Waals surface area (Å²) in [6.45, 7) is 2.74. The highest BCUT2D eigenvalue weighted by molar-refractivity contribution is 5.97. The minimum atomic E-state index is -0.0255. The summed E-state index contributed by atoms with van der Waals surface area (Å²) in [4.78, 5) is 14.4. The van der Waals surface area contributed by atoms with E-state index in [2.05, 4.69) is 5.10 Å². The van der Waals surface area contributed by atoms with Gasteiger partial charge in [0.05, 0.1) is 5.69 Å². The van der Waals surface area contributed by atoms with Crippen molar-refractivity contribution in [1.82, 2.24) is 14.7 Å². The molecule has 5 heteroatoms. The SMILES string of the molecule is CCN(C(=O)c1nn(C)cc1N)C1CCCCC1. The highest BCUT2D eigenvalue weighted by Crippen LogP contribution is 2.24. The van der Waals surface area contributed by atoms with Crippen molar-refractivity contribution < 1.29 is 4.79 Å². The van der Waals surface area contributed by atoms with Gasteiger partial charge < -0.3 is 10.6 Å². The number of hydrogen-bond donors (Lipinski definition) is 1. The molecule has 1 amide bonds. The summed E-state index contributed by atoms with van der Waals surface area (Å²) in [7, 11) is 1.78. The van der Waals surface area contributed by atoms with Gasteiger partial charge in [0.25, 0.3) is 5.91 Å². The molecular weight excluding hydrogens is 228 g/mol. The van der Waals surface area contributed by atoms with E-state index in [4.69, 9.17) is 5.73 Å². The molecule has 1 aromatic heterocycles. The Morgan fingerprint density at radius 3 is 2.67 bits per heavy atom. The van der Waals surface area contributed by atoms with Crippen molar-refractivity contribution in [1.29, 1.82) is 0 Å². The number of rotatable bonds is 3. The summed E-state index contributed by atoms with van der Waals surface area (Å²) in [6, 6.07) is 0.359. The molecule has 1 fully saturated rings. The molecule has 1 saturated carbocycles. The molecule has 2 N–H and O–H groups in total. The first-order valence-corrected chi connectivity index (χ1v) is 6.73. The maximum Gasteiger partial charge on any atom is 0.276 e. The molecule has 5 nitrogen and oxygen atoms in total. The molecule has 0 aromatic carbocycles. The first kappa shape index (κ1) is 12.9. The number of nitrogens with zero attached hydrogens (tertiary/aromatic N) is 3. The summed E-state index contributed by atoms with van der Waals surface area (Å²) < 4.78 is 1.59. The van der Waals surface area contributed by atoms with E-state index in [1.807, 2.05) is 11.8 Å². The van der Waals surface area contributed by atoms with Gasteiger partial charge in [-0.15, -0.1) is 0 Å². The molecule has 0 aliphatic heterocycles. The molecule has 1 heterocycles. The van der Waals surface area contributed by atoms with Gasteiger partial charge in [0.1, 0.15) is 0 Å². The van der Waals surface area contributed by atoms with Crippen molar-refractivity contribution >= 4 is 11.6 Å². The number of amides is 1. The minimum Gasteiger partial charge on any atom is -0.396 e. The number of carbonyl (C=O) groups is 1. The van der Waals surface area contributed by atoms with E-state index in [1.165, 1.54) is 19.3 Å². The van der Waals surface area contributed by atoms with E-state index in [0.29, 0.717) is 17.4 Å². The molecule has 1 aromatic rings. The van der Waals surface area contributed by atoms with E-state index < -0.39 is 0 Å². The van der Waals surface area contributed by atoms with Crippen LogP contribution < -0.4 is 5.73 Å². The van der Waals surface area contributed by atoms with Crippen LogP contribution in [0.15, 0.2) is 6.20 Å². The van der Waals surface area contributed by atoms with Crippen LogP contribution in [0, 0.1) is 0 Å². The second-order valence-electron chi connectivity index (χ2n) is 4.99. The third kappa shape index (κ3) is 2.49. The third-order valence-electron chi connectivity index (χ3n) is 3.68. The maximum absolute atomic E-state index is 12.5. The molecule has 1 aliphatic carbocycles. The Balaban J connectivity index is 2.16. The maximum atomic E-state index is 12.5. The molecule has 0 saturated heterocycles. The van der Waals surface area contributed by atoms with Gasteiger partial charge in [0, 0.05) is 25.8 Å². The van der Waals surface area contributed by atoms with Gasteiger partial charge in [0.15, 0.2) is 5.69 Å². The summed E-state index contributed by atoms with van der Waals surface area (Å²) >= 11 is 0. The Hall–Kier alpha value is -1.52. The molecule has 100 valence electrons. The lowest BCUT2D eigenvalue weighted by atomic mass is 9.94. The highest BCUT2D eigenvalue weighted by atomic mass is 16.2. The zero-order valence-electron chi connectivity index (χ0n) is 11.2. The molecular formula is C13H22N4O. The molecule has 0 spiro atoms. The number of hydrogen-bond acceptors (Lipinski definition) is 3. The fraction of sp³-hybridized carbons (Fsp3) is 0.692. The minimum absolute atomic E-state index is 0.0255. The van der Waals surface area contributed by atoms with Crippen LogP contribution in [0.4, 0.5) is 5.69 Å². The Kier molecular flexibility index (Phi) is 3.89. The van der Waals surface area contributed by atoms with Crippen molar-refractivity contribution in [2.45, 2.75) is 45.1 Å². The fourth-order valence-corrected chi connectivity index (χ4v) is 2.77. The van der Waals surface area contributed by atoms with Crippen LogP contribution in [0.3, 0.4) is 0 Å². The number of nitrogen functional groups attached to an aromatic ring is 1. The van der Waals surface area contributed by atoms with Crippen LogP contribution in [0.1, 0.15) is 49.5 Å². The normalized spacial score (nSPS) is 16.8. The molecule has 0 radical (unpaired) electrons. The number of aryl methyl sites for hydroxylation is 1. The second-order valence-corrected chi connectivity index (χ2v) is 4.99. The Labute approximate surface area is 108 Å². The summed E-state index contributed by atoms with van der Waals surface area (Å²) in [5, 5.41) is 4.17. The van der Waals surface area contributed by atoms with Crippen LogP contribution in [0.2, 0.25) is 0 Å². The van der Waals surface area contributed by atoms with E-state index in [0.717, 1.165) is 19.4 Å². The van der Waals surface area contributed by atoms with Crippen LogP contribution in [0.5, 0.6) is 0 Å². The zero-order valence-corrected chi connectivity index (χ0v) is 11.2. The van der Waals surface area contributed by atoms with Gasteiger partial charge in [-0.2, -0.15) is 5.10 Å². The third-order valence-corrected chi connectivity index (χ3v) is 3.68. The molecule has 0 bridgehead atoms. The van der Waals surface area contributed by atoms with E-state index in [9.17, 15) is 4.79 Å². The lowest BCUT2D eigenvalue weighted by Crippen LogP contribution is -2.41. The van der Waals surface area contributed by atoms with E-state index >= 15 is 0 Å². The van der Waals surface area contributed by atoms with E-state index in [-0.39, 0.29) is 5.91 Å². The van der Waals surface area contributed by atoms with Crippen molar-refractivity contribution in [2.24, 2.45) is 7.05 Å². The Morgan fingerprint density at radius 1 is 1.50 bits per heavy atom. The van der Waals surface area contributed by atoms with Crippen LogP contribution in [-0.2, 0) is 7.05 Å². The number of nitrogens with two attached hydrogens (primary N) is 1. The Morgan fingerprint density at radius 2 is 2.17 bits per heavy atom. The largest absolute Gasteiger partial charge is 0.396 e. The van der Waals surface area contributed by atoms with Gasteiger partial charge in [-0.3, -0.25) is 9.48 Å². The smallest absolute Gasteiger partial charge is 0.276 e. The number of aromatic nitrogens is 2. The van der Waals surface area contributed by atoms with Gasteiger partial charge in [-0.05, 0) is 19.8 Å². The molecule has 1 aliphatic rings. The van der Waals surface area contributed by atoms with Gasteiger partial charge in [0.2, 0.25) is 0 Å². The standard InChI is InChI=1S/C13H22N4O/c1-3-17(10-7-5-4-6-8-10)13(18)12-11(14)9-16(2)15-12/h9-10H,3-8,14H2,1-2H3. The van der Waals surface area contributed by atoms with Crippen molar-refractivity contribution in [3.8, 4) is 0 Å². The topological polar surface area (TPSA) is 64.2 Å². The molecule has 0 atom stereocenters. The van der Waals surface area contributed by atoms with Crippen molar-refractivity contribution in [3.63, 3.8) is 0 Å². The molecule has 2 rings (SSSR count). The van der Waals surface area contributed by atoms with Crippen LogP contribution in [0.25, 0.3) is 0 Å². The van der Waals surface area contributed by atoms with E-state index in [1.54, 1.807) is 17.9 Å². The fourth-order valence-electron chi connectivity index (χ4n) is 2.77. The average molecular weight is 250 g/mol. The predicted molar refractivity (Wildman–Crippen MR) is 71.2 cm³/mol. The zero-order chi connectivity index (χ0) is 13.1. The second kappa shape index (κ2) is 5.42. The number of carbonyl (C=O) groups excluding carboxylic acids is 1. The van der Waals surface area contributed by atoms with Gasteiger partial charge >= 0.3 is 0 Å². The first-order valence-electron chi connectivity index (χ1n) is 6.73. The molecule has 18 heavy (non-hydrogen) atoms.